The monoisotopic (exact) mass is 888 g/mol. The van der Waals surface area contributed by atoms with Crippen LogP contribution in [0.25, 0.3) is 22.3 Å². The minimum absolute atomic E-state index is 0.0110. The van der Waals surface area contributed by atoms with Gasteiger partial charge in [-0.15, -0.1) is 0 Å². The van der Waals surface area contributed by atoms with Crippen molar-refractivity contribution in [2.24, 2.45) is 5.73 Å². The van der Waals surface area contributed by atoms with Gasteiger partial charge in [0.2, 0.25) is 11.2 Å². The molecule has 16 nitrogen and oxygen atoms in total. The molecule has 2 aliphatic rings. The predicted molar refractivity (Wildman–Crippen MR) is 224 cm³/mol. The highest BCUT2D eigenvalue weighted by atomic mass is 35.5. The summed E-state index contributed by atoms with van der Waals surface area (Å²) in [6.07, 6.45) is -0.0397. The molecule has 0 spiro atoms. The number of H-pyrrole nitrogens is 2. The molecule has 0 radical (unpaired) electrons. The number of hydrogen-bond acceptors (Lipinski definition) is 12. The normalized spacial score (nSPS) is 16.9. The van der Waals surface area contributed by atoms with Crippen LogP contribution in [-0.2, 0) is 35.7 Å². The lowest BCUT2D eigenvalue weighted by atomic mass is 10.2. The second kappa shape index (κ2) is 20.7. The van der Waals surface area contributed by atoms with E-state index < -0.39 is 5.56 Å². The third kappa shape index (κ3) is 11.9. The first kappa shape index (κ1) is 33.1. The quantitative estimate of drug-likeness (QED) is 0.136. The predicted octanol–water partition coefficient (Wildman–Crippen LogP) is 4.93. The smallest absolute Gasteiger partial charge is 0.278 e. The van der Waals surface area contributed by atoms with E-state index in [0.29, 0.717) is 38.4 Å². The highest BCUT2D eigenvalue weighted by Crippen LogP contribution is 2.23. The molecular formula is C36H41Cl5N12O4. The summed E-state index contributed by atoms with van der Waals surface area (Å²) in [6.45, 7) is 8.35. The molecule has 0 bridgehead atoms. The Hall–Kier alpha value is -3.81. The van der Waals surface area contributed by atoms with Gasteiger partial charge < -0.3 is 29.7 Å². The van der Waals surface area contributed by atoms with E-state index >= 15 is 0 Å². The summed E-state index contributed by atoms with van der Waals surface area (Å²) in [7, 11) is 0. The second-order valence-corrected chi connectivity index (χ2v) is 14.1. The average Bonchev–Trinajstić information content (AvgIpc) is 3.80. The average molecular weight is 891 g/mol. The minimum Gasteiger partial charge on any atom is -0.379 e. The van der Waals surface area contributed by atoms with Crippen molar-refractivity contribution in [2.75, 3.05) is 71.0 Å². The number of hydrogen-bond donors (Lipinski definition) is 4. The first-order valence-corrected chi connectivity index (χ1v) is 19.3. The molecule has 6 aromatic rings. The largest absolute Gasteiger partial charge is 0.379 e. The fourth-order valence-corrected chi connectivity index (χ4v) is 6.23. The van der Waals surface area contributed by atoms with Gasteiger partial charge in [0.15, 0.2) is 22.3 Å². The number of rotatable bonds is 10. The number of nitrogens with zero attached hydrogens (tertiary/aromatic N) is 8. The number of ether oxygens (including phenoxy) is 2. The van der Waals surface area contributed by atoms with Crippen LogP contribution in [0.4, 0.5) is 5.95 Å². The van der Waals surface area contributed by atoms with Crippen LogP contribution in [0.2, 0.25) is 25.4 Å². The van der Waals surface area contributed by atoms with E-state index in [2.05, 4.69) is 45.0 Å². The molecule has 4 aromatic heterocycles. The molecule has 2 aliphatic heterocycles. The third-order valence-electron chi connectivity index (χ3n) is 8.49. The van der Waals surface area contributed by atoms with Crippen LogP contribution in [0, 0.1) is 0 Å². The highest BCUT2D eigenvalue weighted by Gasteiger charge is 2.15. The molecule has 6 heterocycles. The van der Waals surface area contributed by atoms with Crippen molar-refractivity contribution in [1.82, 2.24) is 48.8 Å². The van der Waals surface area contributed by atoms with E-state index in [1.165, 1.54) is 4.57 Å². The van der Waals surface area contributed by atoms with Crippen molar-refractivity contribution in [3.8, 4) is 0 Å². The first-order valence-electron chi connectivity index (χ1n) is 21.4. The van der Waals surface area contributed by atoms with E-state index in [-0.39, 0.29) is 127 Å². The van der Waals surface area contributed by atoms with Gasteiger partial charge in [0.25, 0.3) is 11.1 Å². The lowest BCUT2D eigenvalue weighted by Crippen LogP contribution is -2.38. The van der Waals surface area contributed by atoms with Gasteiger partial charge in [-0.1, -0.05) is 58.5 Å². The summed E-state index contributed by atoms with van der Waals surface area (Å²) in [5.74, 6) is 0.0664. The van der Waals surface area contributed by atoms with Gasteiger partial charge >= 0.3 is 0 Å². The summed E-state index contributed by atoms with van der Waals surface area (Å²) < 4.78 is 76.0. The number of halogens is 5. The van der Waals surface area contributed by atoms with Crippen LogP contribution in [-0.4, -0.2) is 115 Å². The van der Waals surface area contributed by atoms with E-state index in [4.69, 9.17) is 84.2 Å². The molecule has 0 unspecified atom stereocenters. The van der Waals surface area contributed by atoms with Gasteiger partial charge in [-0.2, -0.15) is 9.97 Å². The summed E-state index contributed by atoms with van der Waals surface area (Å²) in [5, 5.41) is 2.49. The van der Waals surface area contributed by atoms with E-state index in [0.717, 1.165) is 45.9 Å². The van der Waals surface area contributed by atoms with Crippen LogP contribution >= 0.6 is 58.0 Å². The zero-order valence-electron chi connectivity index (χ0n) is 38.1. The van der Waals surface area contributed by atoms with Crippen molar-refractivity contribution in [1.29, 1.82) is 0 Å². The highest BCUT2D eigenvalue weighted by molar-refractivity contribution is 6.42. The molecule has 5 N–H and O–H groups in total. The molecule has 2 aromatic carbocycles. The van der Waals surface area contributed by atoms with Gasteiger partial charge in [-0.3, -0.25) is 29.4 Å². The number of nitrogens with one attached hydrogen (secondary N) is 3. The fraction of sp³-hybridized carbons (Fsp3) is 0.389. The van der Waals surface area contributed by atoms with Crippen molar-refractivity contribution in [3.63, 3.8) is 0 Å². The zero-order valence-corrected chi connectivity index (χ0v) is 33.9. The van der Waals surface area contributed by atoms with E-state index in [9.17, 15) is 9.59 Å². The third-order valence-corrected chi connectivity index (χ3v) is 10.0. The van der Waals surface area contributed by atoms with Crippen molar-refractivity contribution >= 4 is 86.3 Å². The zero-order chi connectivity index (χ0) is 47.3. The Bertz CT molecular complexity index is 2760. The standard InChI is InChI=1S/C18H20Cl2N6O2.C11H14ClN5O2.C7H7Cl2N/c19-13-2-1-12(9-14(13)20)10-21-18-23-16-15(17(27)24-18)26(11-22-16)4-3-25-5-7-28-8-6-25;12-11-14-9-8(10(18)15-11)17(7-13-9)2-1-16-3-5-19-6-4-16;8-6-2-1-5(4-10)3-7(6)9/h1-2,9,11H,3-8,10H2,(H2,21,23,24,27);7H,1-6H2,(H,14,15,18);1-3H,4,10H2/i1D,2D,9D,11D;7D;1D,2D,3D. The van der Waals surface area contributed by atoms with E-state index in [1.54, 1.807) is 4.57 Å². The van der Waals surface area contributed by atoms with Crippen LogP contribution < -0.4 is 22.2 Å². The number of nitrogens with two attached hydrogens (primary N) is 1. The first-order chi connectivity index (χ1) is 30.9. The minimum atomic E-state index is -0.460. The summed E-state index contributed by atoms with van der Waals surface area (Å²) in [6, 6.07) is -1.05. The summed E-state index contributed by atoms with van der Waals surface area (Å²) >= 11 is 28.8. The van der Waals surface area contributed by atoms with Gasteiger partial charge in [0.1, 0.15) is 2.74 Å². The molecule has 0 atom stereocenters. The Morgan fingerprint density at radius 1 is 0.684 bits per heavy atom. The van der Waals surface area contributed by atoms with E-state index in [1.807, 2.05) is 0 Å². The van der Waals surface area contributed by atoms with Crippen molar-refractivity contribution < 1.29 is 20.4 Å². The van der Waals surface area contributed by atoms with Crippen molar-refractivity contribution in [2.45, 2.75) is 26.2 Å². The molecule has 0 amide bonds. The maximum absolute atomic E-state index is 12.7. The second-order valence-electron chi connectivity index (χ2n) is 12.3. The fourth-order valence-electron chi connectivity index (χ4n) is 5.55. The SMILES string of the molecule is [2H]c1c([2H])c(CN)c([2H])c(Cl)c1Cl.[2H]c1c([2H])c(CNc2nc3nc([2H])n(CCN4CCOCC4)c3c(=O)[nH]2)c([2H])c(Cl)c1Cl.[2H]c1nc2nc(Cl)[nH]c(=O)c2n1CCN1CCOCC1. The van der Waals surface area contributed by atoms with Crippen LogP contribution in [0.3, 0.4) is 0 Å². The number of aromatic amines is 2. The number of anilines is 1. The molecule has 21 heteroatoms. The number of morpholine rings is 2. The van der Waals surface area contributed by atoms with Gasteiger partial charge in [-0.25, -0.2) is 9.97 Å². The number of imidazole rings is 2. The van der Waals surface area contributed by atoms with Crippen LogP contribution in [0.15, 0.2) is 58.5 Å². The molecular weight excluding hydrogens is 842 g/mol. The Morgan fingerprint density at radius 3 is 1.72 bits per heavy atom. The lowest BCUT2D eigenvalue weighted by Gasteiger charge is -2.26. The van der Waals surface area contributed by atoms with Gasteiger partial charge in [0.05, 0.1) is 67.3 Å². The van der Waals surface area contributed by atoms with Crippen LogP contribution in [0.1, 0.15) is 22.1 Å². The summed E-state index contributed by atoms with van der Waals surface area (Å²) in [5.41, 5.74) is 5.72. The molecule has 2 fully saturated rings. The van der Waals surface area contributed by atoms with Crippen LogP contribution in [0.5, 0.6) is 0 Å². The number of benzene rings is 2. The molecule has 0 aliphatic carbocycles. The maximum Gasteiger partial charge on any atom is 0.278 e. The Morgan fingerprint density at radius 2 is 1.18 bits per heavy atom. The van der Waals surface area contributed by atoms with Gasteiger partial charge in [-0.05, 0) is 46.9 Å². The Balaban J connectivity index is 0.000000180. The maximum atomic E-state index is 12.7. The number of fused-ring (bicyclic) bond motifs is 2. The Labute approximate surface area is 363 Å². The molecule has 0 saturated carbocycles. The van der Waals surface area contributed by atoms with Crippen molar-refractivity contribution in [3.05, 3.63) is 106 Å². The topological polar surface area (TPSA) is 190 Å². The number of aromatic nitrogens is 8. The molecule has 304 valence electrons. The summed E-state index contributed by atoms with van der Waals surface area (Å²) in [4.78, 5) is 50.4. The Kier molecular flexibility index (Phi) is 12.0. The lowest BCUT2D eigenvalue weighted by molar-refractivity contribution is 0.0364. The molecule has 8 rings (SSSR count). The molecule has 57 heavy (non-hydrogen) atoms. The van der Waals surface area contributed by atoms with Gasteiger partial charge in [0, 0.05) is 65.4 Å². The molecule has 2 saturated heterocycles.